The fraction of sp³-hybridized carbons (Fsp3) is 0.368. The predicted molar refractivity (Wildman–Crippen MR) is 105 cm³/mol. The van der Waals surface area contributed by atoms with E-state index < -0.39 is 11.8 Å². The van der Waals surface area contributed by atoms with Gasteiger partial charge >= 0.3 is 12.1 Å². The minimum absolute atomic E-state index is 0.341. The number of nitrogens with zero attached hydrogens (tertiary/aromatic N) is 4. The second-order valence-corrected chi connectivity index (χ2v) is 6.68. The number of carbonyl (C=O) groups is 2. The highest BCUT2D eigenvalue weighted by Crippen LogP contribution is 2.17. The van der Waals surface area contributed by atoms with Crippen molar-refractivity contribution in [3.05, 3.63) is 47.8 Å². The number of ether oxygens (including phenoxy) is 1. The molecule has 0 spiro atoms. The number of nitrogens with one attached hydrogen (secondary N) is 2. The molecule has 1 aromatic carbocycles. The normalized spacial score (nSPS) is 14.4. The van der Waals surface area contributed by atoms with E-state index in [9.17, 15) is 14.0 Å². The van der Waals surface area contributed by atoms with Crippen LogP contribution in [0.25, 0.3) is 0 Å². The number of aryl methyl sites for hydroxylation is 1. The smallest absolute Gasteiger partial charge is 0.409 e. The topological polar surface area (TPSA) is 99.7 Å². The van der Waals surface area contributed by atoms with Crippen LogP contribution in [0.4, 0.5) is 25.4 Å². The van der Waals surface area contributed by atoms with Gasteiger partial charge < -0.3 is 20.3 Å². The van der Waals surface area contributed by atoms with Gasteiger partial charge in [-0.3, -0.25) is 4.90 Å². The van der Waals surface area contributed by atoms with Gasteiger partial charge in [-0.1, -0.05) is 0 Å². The Hall–Kier alpha value is -3.27. The van der Waals surface area contributed by atoms with Crippen molar-refractivity contribution >= 4 is 23.5 Å². The number of hydrogen-bond donors (Lipinski definition) is 2. The molecule has 3 amide bonds. The summed E-state index contributed by atoms with van der Waals surface area (Å²) in [6.07, 6.45) is 2.65. The second kappa shape index (κ2) is 9.28. The molecule has 1 aliphatic heterocycles. The van der Waals surface area contributed by atoms with Crippen LogP contribution in [0.5, 0.6) is 0 Å². The molecular formula is C19H23FN6O3. The third-order valence-electron chi connectivity index (χ3n) is 4.47. The van der Waals surface area contributed by atoms with Gasteiger partial charge in [-0.05, 0) is 30.7 Å². The van der Waals surface area contributed by atoms with E-state index in [0.29, 0.717) is 49.9 Å². The Morgan fingerprint density at radius 2 is 1.72 bits per heavy atom. The van der Waals surface area contributed by atoms with Crippen LogP contribution in [0.15, 0.2) is 30.6 Å². The Kier molecular flexibility index (Phi) is 6.55. The predicted octanol–water partition coefficient (Wildman–Crippen LogP) is 2.45. The molecule has 1 saturated heterocycles. The quantitative estimate of drug-likeness (QED) is 0.815. The van der Waals surface area contributed by atoms with Gasteiger partial charge in [-0.15, -0.1) is 0 Å². The van der Waals surface area contributed by atoms with Crippen molar-refractivity contribution < 1.29 is 18.7 Å². The van der Waals surface area contributed by atoms with Gasteiger partial charge in [0, 0.05) is 38.4 Å². The number of methoxy groups -OCH3 is 1. The van der Waals surface area contributed by atoms with Crippen molar-refractivity contribution in [1.29, 1.82) is 0 Å². The number of piperazine rings is 1. The lowest BCUT2D eigenvalue weighted by atomic mass is 10.1. The largest absolute Gasteiger partial charge is 0.453 e. The standard InChI is InChI=1S/C19H23FN6O3/c1-13-21-10-17(11-22-13)24-18(27)23-16-8-14(7-15(20)9-16)12-25-3-5-26(6-4-25)19(28)29-2/h7-11H,3-6,12H2,1-2H3,(H2,23,24,27). The highest BCUT2D eigenvalue weighted by atomic mass is 19.1. The Bertz CT molecular complexity index is 869. The van der Waals surface area contributed by atoms with Gasteiger partial charge in [0.15, 0.2) is 0 Å². The molecule has 3 rings (SSSR count). The lowest BCUT2D eigenvalue weighted by molar-refractivity contribution is 0.0889. The second-order valence-electron chi connectivity index (χ2n) is 6.68. The zero-order valence-electron chi connectivity index (χ0n) is 16.3. The summed E-state index contributed by atoms with van der Waals surface area (Å²) in [6.45, 7) is 4.66. The third-order valence-corrected chi connectivity index (χ3v) is 4.47. The molecule has 0 bridgehead atoms. The highest BCUT2D eigenvalue weighted by molar-refractivity contribution is 5.99. The van der Waals surface area contributed by atoms with E-state index in [4.69, 9.17) is 4.74 Å². The molecule has 29 heavy (non-hydrogen) atoms. The van der Waals surface area contributed by atoms with Crippen molar-refractivity contribution in [2.75, 3.05) is 43.9 Å². The van der Waals surface area contributed by atoms with Crippen LogP contribution < -0.4 is 10.6 Å². The van der Waals surface area contributed by atoms with Crippen molar-refractivity contribution in [2.45, 2.75) is 13.5 Å². The lowest BCUT2D eigenvalue weighted by Gasteiger charge is -2.33. The number of carbonyl (C=O) groups excluding carboxylic acids is 2. The molecular weight excluding hydrogens is 379 g/mol. The van der Waals surface area contributed by atoms with Crippen LogP contribution in [0.2, 0.25) is 0 Å². The SMILES string of the molecule is COC(=O)N1CCN(Cc2cc(F)cc(NC(=O)Nc3cnc(C)nc3)c2)CC1. The maximum Gasteiger partial charge on any atom is 0.409 e. The first-order valence-electron chi connectivity index (χ1n) is 9.14. The van der Waals surface area contributed by atoms with E-state index in [2.05, 4.69) is 25.5 Å². The van der Waals surface area contributed by atoms with Crippen LogP contribution in [0.3, 0.4) is 0 Å². The minimum atomic E-state index is -0.513. The van der Waals surface area contributed by atoms with Crippen LogP contribution in [0, 0.1) is 12.7 Å². The van der Waals surface area contributed by atoms with Crippen molar-refractivity contribution in [2.24, 2.45) is 0 Å². The van der Waals surface area contributed by atoms with Gasteiger partial charge in [-0.2, -0.15) is 0 Å². The molecule has 154 valence electrons. The number of benzene rings is 1. The van der Waals surface area contributed by atoms with Crippen LogP contribution in [-0.4, -0.2) is 65.2 Å². The number of urea groups is 1. The lowest BCUT2D eigenvalue weighted by Crippen LogP contribution is -2.48. The monoisotopic (exact) mass is 402 g/mol. The van der Waals surface area contributed by atoms with E-state index >= 15 is 0 Å². The summed E-state index contributed by atoms with van der Waals surface area (Å²) >= 11 is 0. The Morgan fingerprint density at radius 3 is 2.38 bits per heavy atom. The maximum absolute atomic E-state index is 14.0. The van der Waals surface area contributed by atoms with Gasteiger partial charge in [-0.25, -0.2) is 23.9 Å². The van der Waals surface area contributed by atoms with Gasteiger partial charge in [0.1, 0.15) is 11.6 Å². The number of halogens is 1. The highest BCUT2D eigenvalue weighted by Gasteiger charge is 2.21. The number of amides is 3. The summed E-state index contributed by atoms with van der Waals surface area (Å²) in [5.41, 5.74) is 1.51. The molecule has 1 aliphatic rings. The van der Waals surface area contributed by atoms with Crippen molar-refractivity contribution in [1.82, 2.24) is 19.8 Å². The van der Waals surface area contributed by atoms with Crippen LogP contribution >= 0.6 is 0 Å². The van der Waals surface area contributed by atoms with Crippen LogP contribution in [0.1, 0.15) is 11.4 Å². The summed E-state index contributed by atoms with van der Waals surface area (Å²) in [7, 11) is 1.36. The number of hydrogen-bond acceptors (Lipinski definition) is 6. The Balaban J connectivity index is 1.57. The van der Waals surface area contributed by atoms with E-state index in [1.165, 1.54) is 31.6 Å². The number of anilines is 2. The summed E-state index contributed by atoms with van der Waals surface area (Å²) in [5.74, 6) is 0.155. The van der Waals surface area contributed by atoms with Gasteiger partial charge in [0.25, 0.3) is 0 Å². The number of aromatic nitrogens is 2. The molecule has 0 saturated carbocycles. The molecule has 0 radical (unpaired) electrons. The van der Waals surface area contributed by atoms with Crippen molar-refractivity contribution in [3.8, 4) is 0 Å². The van der Waals surface area contributed by atoms with Gasteiger partial charge in [0.2, 0.25) is 0 Å². The summed E-state index contributed by atoms with van der Waals surface area (Å²) in [6, 6.07) is 3.90. The minimum Gasteiger partial charge on any atom is -0.453 e. The molecule has 0 atom stereocenters. The average molecular weight is 402 g/mol. The van der Waals surface area contributed by atoms with Crippen molar-refractivity contribution in [3.63, 3.8) is 0 Å². The molecule has 2 aromatic rings. The van der Waals surface area contributed by atoms with E-state index in [-0.39, 0.29) is 6.09 Å². The van der Waals surface area contributed by atoms with E-state index in [1.807, 2.05) is 0 Å². The molecule has 9 nitrogen and oxygen atoms in total. The fourth-order valence-electron chi connectivity index (χ4n) is 3.04. The molecule has 2 N–H and O–H groups in total. The summed E-state index contributed by atoms with van der Waals surface area (Å²) in [4.78, 5) is 35.5. The zero-order chi connectivity index (χ0) is 20.8. The van der Waals surface area contributed by atoms with Crippen LogP contribution in [-0.2, 0) is 11.3 Å². The maximum atomic E-state index is 14.0. The summed E-state index contributed by atoms with van der Waals surface area (Å²) < 4.78 is 18.8. The zero-order valence-corrected chi connectivity index (χ0v) is 16.3. The van der Waals surface area contributed by atoms with E-state index in [0.717, 1.165) is 5.56 Å². The van der Waals surface area contributed by atoms with Gasteiger partial charge in [0.05, 0.1) is 25.2 Å². The number of rotatable bonds is 4. The first-order valence-corrected chi connectivity index (χ1v) is 9.14. The average Bonchev–Trinajstić information content (AvgIpc) is 2.69. The Morgan fingerprint density at radius 1 is 1.07 bits per heavy atom. The molecule has 0 aliphatic carbocycles. The first-order chi connectivity index (χ1) is 13.9. The molecule has 10 heteroatoms. The third kappa shape index (κ3) is 5.85. The molecule has 0 unspecified atom stereocenters. The first kappa shape index (κ1) is 20.5. The molecule has 1 fully saturated rings. The Labute approximate surface area is 167 Å². The molecule has 2 heterocycles. The summed E-state index contributed by atoms with van der Waals surface area (Å²) in [5, 5.41) is 5.22. The fourth-order valence-corrected chi connectivity index (χ4v) is 3.04. The molecule has 1 aromatic heterocycles. The van der Waals surface area contributed by atoms with E-state index in [1.54, 1.807) is 17.9 Å².